The summed E-state index contributed by atoms with van der Waals surface area (Å²) < 4.78 is 0. The van der Waals surface area contributed by atoms with Crippen molar-refractivity contribution in [2.24, 2.45) is 0 Å². The van der Waals surface area contributed by atoms with Crippen LogP contribution >= 0.6 is 11.8 Å². The van der Waals surface area contributed by atoms with Crippen LogP contribution in [-0.4, -0.2) is 29.5 Å². The lowest BCUT2D eigenvalue weighted by Gasteiger charge is -2.13. The van der Waals surface area contributed by atoms with Crippen molar-refractivity contribution < 1.29 is 4.79 Å². The molecule has 0 aliphatic heterocycles. The van der Waals surface area contributed by atoms with Crippen molar-refractivity contribution in [1.29, 1.82) is 0 Å². The highest BCUT2D eigenvalue weighted by atomic mass is 32.2. The van der Waals surface area contributed by atoms with E-state index in [1.54, 1.807) is 0 Å². The van der Waals surface area contributed by atoms with Crippen molar-refractivity contribution >= 4 is 23.4 Å². The average Bonchev–Trinajstić information content (AvgIpc) is 2.86. The molecule has 2 atom stereocenters. The third-order valence-corrected chi connectivity index (χ3v) is 4.63. The summed E-state index contributed by atoms with van der Waals surface area (Å²) in [5.41, 5.74) is 0.861. The zero-order chi connectivity index (χ0) is 13.5. The molecule has 3 nitrogen and oxygen atoms in total. The molecule has 104 valence electrons. The van der Waals surface area contributed by atoms with Crippen LogP contribution in [0.5, 0.6) is 0 Å². The molecule has 1 saturated carbocycles. The zero-order valence-electron chi connectivity index (χ0n) is 11.4. The van der Waals surface area contributed by atoms with Gasteiger partial charge in [-0.15, -0.1) is 0 Å². The van der Waals surface area contributed by atoms with E-state index in [-0.39, 0.29) is 5.91 Å². The fraction of sp³-hybridized carbons (Fsp3) is 0.533. The number of hydrogen-bond donors (Lipinski definition) is 2. The Morgan fingerprint density at radius 2 is 2.11 bits per heavy atom. The first-order valence-electron chi connectivity index (χ1n) is 6.98. The largest absolute Gasteiger partial charge is 0.325 e. The van der Waals surface area contributed by atoms with E-state index in [1.807, 2.05) is 42.1 Å². The minimum Gasteiger partial charge on any atom is -0.325 e. The molecule has 1 aliphatic rings. The van der Waals surface area contributed by atoms with E-state index in [2.05, 4.69) is 17.6 Å². The van der Waals surface area contributed by atoms with Gasteiger partial charge in [0.05, 0.1) is 6.54 Å². The molecule has 0 saturated heterocycles. The predicted octanol–water partition coefficient (Wildman–Crippen LogP) is 2.89. The Morgan fingerprint density at radius 3 is 2.84 bits per heavy atom. The molecule has 2 unspecified atom stereocenters. The van der Waals surface area contributed by atoms with Crippen molar-refractivity contribution in [2.75, 3.05) is 17.6 Å². The molecule has 1 aromatic carbocycles. The smallest absolute Gasteiger partial charge is 0.238 e. The number of para-hydroxylation sites is 1. The normalized spacial score (nSPS) is 22.4. The van der Waals surface area contributed by atoms with Gasteiger partial charge in [0.1, 0.15) is 0 Å². The molecule has 1 fully saturated rings. The minimum absolute atomic E-state index is 0.0396. The molecule has 0 bridgehead atoms. The number of benzene rings is 1. The van der Waals surface area contributed by atoms with Crippen LogP contribution in [-0.2, 0) is 4.79 Å². The van der Waals surface area contributed by atoms with Crippen molar-refractivity contribution in [3.63, 3.8) is 0 Å². The van der Waals surface area contributed by atoms with Crippen LogP contribution in [0.3, 0.4) is 0 Å². The van der Waals surface area contributed by atoms with Crippen molar-refractivity contribution in [1.82, 2.24) is 5.32 Å². The van der Waals surface area contributed by atoms with E-state index < -0.39 is 0 Å². The first-order chi connectivity index (χ1) is 9.28. The van der Waals surface area contributed by atoms with Gasteiger partial charge in [0.2, 0.25) is 5.91 Å². The fourth-order valence-electron chi connectivity index (χ4n) is 2.48. The van der Waals surface area contributed by atoms with Gasteiger partial charge in [0.15, 0.2) is 0 Å². The van der Waals surface area contributed by atoms with E-state index in [4.69, 9.17) is 0 Å². The summed E-state index contributed by atoms with van der Waals surface area (Å²) in [4.78, 5) is 11.8. The second kappa shape index (κ2) is 7.56. The van der Waals surface area contributed by atoms with E-state index in [1.165, 1.54) is 25.0 Å². The summed E-state index contributed by atoms with van der Waals surface area (Å²) >= 11 is 2.04. The Labute approximate surface area is 119 Å². The molecule has 1 amide bonds. The van der Waals surface area contributed by atoms with Gasteiger partial charge < -0.3 is 10.6 Å². The Morgan fingerprint density at radius 1 is 1.32 bits per heavy atom. The second-order valence-electron chi connectivity index (χ2n) is 4.88. The van der Waals surface area contributed by atoms with Crippen LogP contribution < -0.4 is 10.6 Å². The van der Waals surface area contributed by atoms with Crippen LogP contribution in [0.15, 0.2) is 30.3 Å². The minimum atomic E-state index is 0.0396. The first-order valence-corrected chi connectivity index (χ1v) is 8.02. The molecule has 19 heavy (non-hydrogen) atoms. The molecule has 0 spiro atoms. The molecule has 0 aromatic heterocycles. The molecule has 2 N–H and O–H groups in total. The second-order valence-corrected chi connectivity index (χ2v) is 6.46. The highest BCUT2D eigenvalue weighted by molar-refractivity contribution is 7.99. The Kier molecular flexibility index (Phi) is 5.73. The Hall–Kier alpha value is -1.00. The molecule has 0 radical (unpaired) electrons. The van der Waals surface area contributed by atoms with Crippen LogP contribution in [0.4, 0.5) is 5.69 Å². The Balaban J connectivity index is 1.67. The van der Waals surface area contributed by atoms with Gasteiger partial charge in [0.25, 0.3) is 0 Å². The standard InChI is InChI=1S/C15H22N2OS/c1-2-19-14-9-8-13(10-14)16-11-15(18)17-12-6-4-3-5-7-12/h3-7,13-14,16H,2,8-11H2,1H3,(H,17,18). The van der Waals surface area contributed by atoms with Gasteiger partial charge in [-0.05, 0) is 37.1 Å². The van der Waals surface area contributed by atoms with Crippen molar-refractivity contribution in [2.45, 2.75) is 37.5 Å². The van der Waals surface area contributed by atoms with Gasteiger partial charge in [-0.25, -0.2) is 0 Å². The van der Waals surface area contributed by atoms with Gasteiger partial charge >= 0.3 is 0 Å². The number of rotatable bonds is 6. The average molecular weight is 278 g/mol. The number of carbonyl (C=O) groups is 1. The van der Waals surface area contributed by atoms with Crippen LogP contribution in [0.1, 0.15) is 26.2 Å². The number of hydrogen-bond acceptors (Lipinski definition) is 3. The molecule has 4 heteroatoms. The predicted molar refractivity (Wildman–Crippen MR) is 82.6 cm³/mol. The maximum absolute atomic E-state index is 11.8. The highest BCUT2D eigenvalue weighted by Crippen LogP contribution is 2.29. The molecule has 1 aromatic rings. The highest BCUT2D eigenvalue weighted by Gasteiger charge is 2.24. The van der Waals surface area contributed by atoms with Crippen LogP contribution in [0, 0.1) is 0 Å². The zero-order valence-corrected chi connectivity index (χ0v) is 12.2. The lowest BCUT2D eigenvalue weighted by Crippen LogP contribution is -2.34. The summed E-state index contributed by atoms with van der Waals surface area (Å²) in [6.07, 6.45) is 3.66. The summed E-state index contributed by atoms with van der Waals surface area (Å²) in [6, 6.07) is 10.1. The van der Waals surface area contributed by atoms with Gasteiger partial charge in [-0.2, -0.15) is 11.8 Å². The van der Waals surface area contributed by atoms with Gasteiger partial charge in [0, 0.05) is 17.0 Å². The van der Waals surface area contributed by atoms with Crippen molar-refractivity contribution in [3.05, 3.63) is 30.3 Å². The van der Waals surface area contributed by atoms with Crippen LogP contribution in [0.25, 0.3) is 0 Å². The number of anilines is 1. The number of amides is 1. The van der Waals surface area contributed by atoms with E-state index >= 15 is 0 Å². The van der Waals surface area contributed by atoms with Gasteiger partial charge in [-0.1, -0.05) is 25.1 Å². The first kappa shape index (κ1) is 14.4. The quantitative estimate of drug-likeness (QED) is 0.840. The maximum Gasteiger partial charge on any atom is 0.238 e. The molecule has 2 rings (SSSR count). The van der Waals surface area contributed by atoms with E-state index in [0.717, 1.165) is 10.9 Å². The third-order valence-electron chi connectivity index (χ3n) is 3.40. The number of carbonyl (C=O) groups excluding carboxylic acids is 1. The monoisotopic (exact) mass is 278 g/mol. The Bertz CT molecular complexity index is 396. The lowest BCUT2D eigenvalue weighted by atomic mass is 10.2. The van der Waals surface area contributed by atoms with E-state index in [9.17, 15) is 4.79 Å². The molecular weight excluding hydrogens is 256 g/mol. The molecular formula is C15H22N2OS. The fourth-order valence-corrected chi connectivity index (χ4v) is 3.62. The van der Waals surface area contributed by atoms with E-state index in [0.29, 0.717) is 12.6 Å². The SMILES string of the molecule is CCSC1CCC(NCC(=O)Nc2ccccc2)C1. The lowest BCUT2D eigenvalue weighted by molar-refractivity contribution is -0.115. The topological polar surface area (TPSA) is 41.1 Å². The summed E-state index contributed by atoms with van der Waals surface area (Å²) in [7, 11) is 0. The summed E-state index contributed by atoms with van der Waals surface area (Å²) in [5.74, 6) is 1.23. The number of thioether (sulfide) groups is 1. The third kappa shape index (κ3) is 4.88. The van der Waals surface area contributed by atoms with Gasteiger partial charge in [-0.3, -0.25) is 4.79 Å². The number of nitrogens with one attached hydrogen (secondary N) is 2. The van der Waals surface area contributed by atoms with Crippen molar-refractivity contribution in [3.8, 4) is 0 Å². The molecule has 0 heterocycles. The van der Waals surface area contributed by atoms with Crippen LogP contribution in [0.2, 0.25) is 0 Å². The summed E-state index contributed by atoms with van der Waals surface area (Å²) in [5, 5.41) is 7.04. The molecule has 1 aliphatic carbocycles. The summed E-state index contributed by atoms with van der Waals surface area (Å²) in [6.45, 7) is 2.61. The maximum atomic E-state index is 11.8.